The highest BCUT2D eigenvalue weighted by Gasteiger charge is 2.40. The normalized spacial score (nSPS) is 17.3. The van der Waals surface area contributed by atoms with Gasteiger partial charge in [0.15, 0.2) is 0 Å². The first-order valence-corrected chi connectivity index (χ1v) is 8.01. The van der Waals surface area contributed by atoms with Crippen molar-refractivity contribution in [1.82, 2.24) is 14.5 Å². The third-order valence-corrected chi connectivity index (χ3v) is 4.90. The molecule has 1 amide bonds. The Morgan fingerprint density at radius 2 is 2.09 bits per heavy atom. The van der Waals surface area contributed by atoms with Crippen LogP contribution in [-0.4, -0.2) is 47.2 Å². The number of ether oxygens (including phenoxy) is 1. The maximum absolute atomic E-state index is 12.9. The molecule has 2 heterocycles. The Labute approximate surface area is 136 Å². The number of rotatable bonds is 4. The number of carbonyl (C=O) groups excluding carboxylic acids is 1. The van der Waals surface area contributed by atoms with Gasteiger partial charge in [0.05, 0.1) is 23.0 Å². The van der Waals surface area contributed by atoms with E-state index in [1.54, 1.807) is 4.90 Å². The number of nitrogens with two attached hydrogens (primary N) is 1. The van der Waals surface area contributed by atoms with E-state index in [2.05, 4.69) is 4.98 Å². The van der Waals surface area contributed by atoms with Gasteiger partial charge >= 0.3 is 0 Å². The van der Waals surface area contributed by atoms with Gasteiger partial charge in [-0.05, 0) is 25.0 Å². The fourth-order valence-electron chi connectivity index (χ4n) is 3.29. The Morgan fingerprint density at radius 1 is 1.39 bits per heavy atom. The first-order chi connectivity index (χ1) is 11.1. The van der Waals surface area contributed by atoms with Crippen molar-refractivity contribution < 1.29 is 9.53 Å². The van der Waals surface area contributed by atoms with Gasteiger partial charge in [-0.25, -0.2) is 4.98 Å². The van der Waals surface area contributed by atoms with Gasteiger partial charge in [0.1, 0.15) is 5.82 Å². The second kappa shape index (κ2) is 6.29. The lowest BCUT2D eigenvalue weighted by Gasteiger charge is -2.37. The van der Waals surface area contributed by atoms with Gasteiger partial charge in [0.2, 0.25) is 5.91 Å². The van der Waals surface area contributed by atoms with Gasteiger partial charge < -0.3 is 19.9 Å². The van der Waals surface area contributed by atoms with Crippen LogP contribution in [0.2, 0.25) is 0 Å². The minimum Gasteiger partial charge on any atom is -0.381 e. The summed E-state index contributed by atoms with van der Waals surface area (Å²) in [5.74, 6) is 0.969. The zero-order valence-corrected chi connectivity index (χ0v) is 13.8. The van der Waals surface area contributed by atoms with Crippen LogP contribution >= 0.6 is 0 Å². The van der Waals surface area contributed by atoms with Crippen LogP contribution in [0.4, 0.5) is 0 Å². The Bertz CT molecular complexity index is 704. The van der Waals surface area contributed by atoms with Crippen molar-refractivity contribution in [3.05, 3.63) is 30.1 Å². The third kappa shape index (κ3) is 2.84. The number of nitrogens with zero attached hydrogens (tertiary/aromatic N) is 3. The first kappa shape index (κ1) is 16.0. The summed E-state index contributed by atoms with van der Waals surface area (Å²) in [6.07, 6.45) is 1.38. The molecule has 6 heteroatoms. The molecular formula is C17H24N4O2. The molecule has 1 aliphatic rings. The van der Waals surface area contributed by atoms with Crippen molar-refractivity contribution in [3.8, 4) is 0 Å². The van der Waals surface area contributed by atoms with Crippen LogP contribution in [0.25, 0.3) is 11.0 Å². The van der Waals surface area contributed by atoms with Crippen LogP contribution in [0.5, 0.6) is 0 Å². The first-order valence-electron chi connectivity index (χ1n) is 8.01. The van der Waals surface area contributed by atoms with Crippen LogP contribution in [0, 0.1) is 5.41 Å². The number of hydrogen-bond donors (Lipinski definition) is 1. The second-order valence-electron chi connectivity index (χ2n) is 6.33. The summed E-state index contributed by atoms with van der Waals surface area (Å²) in [5, 5.41) is 0. The van der Waals surface area contributed by atoms with E-state index in [1.165, 1.54) is 0 Å². The molecule has 1 saturated heterocycles. The summed E-state index contributed by atoms with van der Waals surface area (Å²) >= 11 is 0. The molecule has 0 radical (unpaired) electrons. The van der Waals surface area contributed by atoms with Crippen molar-refractivity contribution in [2.24, 2.45) is 18.2 Å². The number of aromatic nitrogens is 2. The molecule has 1 aromatic heterocycles. The van der Waals surface area contributed by atoms with E-state index in [0.717, 1.165) is 16.9 Å². The Kier molecular flexibility index (Phi) is 4.37. The number of para-hydroxylation sites is 2. The van der Waals surface area contributed by atoms with Crippen molar-refractivity contribution >= 4 is 16.9 Å². The molecule has 1 aliphatic heterocycles. The SMILES string of the molecule is CN(Cc1nc2ccccc2n1C)C(=O)C1(CN)CCOCC1. The topological polar surface area (TPSA) is 73.4 Å². The highest BCUT2D eigenvalue weighted by Crippen LogP contribution is 2.31. The maximum Gasteiger partial charge on any atom is 0.230 e. The fraction of sp³-hybridized carbons (Fsp3) is 0.529. The molecule has 2 aromatic rings. The van der Waals surface area contributed by atoms with Crippen LogP contribution in [0.15, 0.2) is 24.3 Å². The van der Waals surface area contributed by atoms with Crippen molar-refractivity contribution in [3.63, 3.8) is 0 Å². The predicted molar refractivity (Wildman–Crippen MR) is 88.7 cm³/mol. The van der Waals surface area contributed by atoms with E-state index in [4.69, 9.17) is 10.5 Å². The summed E-state index contributed by atoms with van der Waals surface area (Å²) in [4.78, 5) is 19.3. The minimum absolute atomic E-state index is 0.0929. The van der Waals surface area contributed by atoms with Gasteiger partial charge in [-0.15, -0.1) is 0 Å². The summed E-state index contributed by atoms with van der Waals surface area (Å²) in [7, 11) is 3.81. The Hall–Kier alpha value is -1.92. The van der Waals surface area contributed by atoms with E-state index in [9.17, 15) is 4.79 Å². The van der Waals surface area contributed by atoms with Crippen LogP contribution < -0.4 is 5.73 Å². The highest BCUT2D eigenvalue weighted by atomic mass is 16.5. The van der Waals surface area contributed by atoms with E-state index >= 15 is 0 Å². The molecule has 2 N–H and O–H groups in total. The highest BCUT2D eigenvalue weighted by molar-refractivity contribution is 5.83. The third-order valence-electron chi connectivity index (χ3n) is 4.90. The largest absolute Gasteiger partial charge is 0.381 e. The van der Waals surface area contributed by atoms with Crippen molar-refractivity contribution in [2.45, 2.75) is 19.4 Å². The average molecular weight is 316 g/mol. The predicted octanol–water partition coefficient (Wildman–Crippen LogP) is 1.29. The van der Waals surface area contributed by atoms with Gasteiger partial charge in [0, 0.05) is 33.9 Å². The molecule has 1 fully saturated rings. The van der Waals surface area contributed by atoms with Gasteiger partial charge in [-0.3, -0.25) is 4.79 Å². The summed E-state index contributed by atoms with van der Waals surface area (Å²) in [6, 6.07) is 7.99. The molecule has 0 aliphatic carbocycles. The fourth-order valence-corrected chi connectivity index (χ4v) is 3.29. The number of hydrogen-bond acceptors (Lipinski definition) is 4. The molecule has 23 heavy (non-hydrogen) atoms. The number of fused-ring (bicyclic) bond motifs is 1. The van der Waals surface area contributed by atoms with Gasteiger partial charge in [-0.1, -0.05) is 12.1 Å². The monoisotopic (exact) mass is 316 g/mol. The summed E-state index contributed by atoms with van der Waals surface area (Å²) in [5.41, 5.74) is 7.47. The second-order valence-corrected chi connectivity index (χ2v) is 6.33. The smallest absolute Gasteiger partial charge is 0.230 e. The zero-order chi connectivity index (χ0) is 16.4. The lowest BCUT2D eigenvalue weighted by atomic mass is 9.79. The van der Waals surface area contributed by atoms with Gasteiger partial charge in [-0.2, -0.15) is 0 Å². The molecule has 0 bridgehead atoms. The van der Waals surface area contributed by atoms with Crippen LogP contribution in [-0.2, 0) is 23.1 Å². The number of imidazole rings is 1. The molecule has 0 saturated carbocycles. The van der Waals surface area contributed by atoms with Crippen molar-refractivity contribution in [1.29, 1.82) is 0 Å². The molecular weight excluding hydrogens is 292 g/mol. The molecule has 0 spiro atoms. The molecule has 0 unspecified atom stereocenters. The maximum atomic E-state index is 12.9. The van der Waals surface area contributed by atoms with Crippen LogP contribution in [0.3, 0.4) is 0 Å². The lowest BCUT2D eigenvalue weighted by molar-refractivity contribution is -0.146. The van der Waals surface area contributed by atoms with E-state index in [0.29, 0.717) is 39.1 Å². The quantitative estimate of drug-likeness (QED) is 0.922. The number of aryl methyl sites for hydroxylation is 1. The molecule has 3 rings (SSSR count). The van der Waals surface area contributed by atoms with Gasteiger partial charge in [0.25, 0.3) is 0 Å². The lowest BCUT2D eigenvalue weighted by Crippen LogP contribution is -2.49. The zero-order valence-electron chi connectivity index (χ0n) is 13.8. The van der Waals surface area contributed by atoms with E-state index < -0.39 is 5.41 Å². The molecule has 0 atom stereocenters. The van der Waals surface area contributed by atoms with Crippen molar-refractivity contribution in [2.75, 3.05) is 26.8 Å². The summed E-state index contributed by atoms with van der Waals surface area (Å²) < 4.78 is 7.43. The minimum atomic E-state index is -0.489. The molecule has 1 aromatic carbocycles. The number of carbonyl (C=O) groups is 1. The molecule has 6 nitrogen and oxygen atoms in total. The number of benzene rings is 1. The Balaban J connectivity index is 1.80. The van der Waals surface area contributed by atoms with E-state index in [-0.39, 0.29) is 5.91 Å². The standard InChI is InChI=1S/C17H24N4O2/c1-20(16(22)17(12-18)7-9-23-10-8-17)11-15-19-13-5-3-4-6-14(13)21(15)2/h3-6H,7-12,18H2,1-2H3. The molecule has 124 valence electrons. The Morgan fingerprint density at radius 3 is 2.74 bits per heavy atom. The average Bonchev–Trinajstić information content (AvgIpc) is 2.91. The number of amides is 1. The van der Waals surface area contributed by atoms with Crippen LogP contribution in [0.1, 0.15) is 18.7 Å². The van der Waals surface area contributed by atoms with E-state index in [1.807, 2.05) is 42.9 Å². The summed E-state index contributed by atoms with van der Waals surface area (Å²) in [6.45, 7) is 2.04.